The summed E-state index contributed by atoms with van der Waals surface area (Å²) in [5, 5.41) is 1.18. The first-order valence-electron chi connectivity index (χ1n) is 8.63. The Kier molecular flexibility index (Phi) is 6.41. The van der Waals surface area contributed by atoms with Gasteiger partial charge in [-0.15, -0.1) is 0 Å². The highest BCUT2D eigenvalue weighted by Gasteiger charge is 2.26. The monoisotopic (exact) mass is 393 g/mol. The van der Waals surface area contributed by atoms with Crippen LogP contribution in [0.2, 0.25) is 10.0 Å². The third kappa shape index (κ3) is 4.50. The molecule has 6 heteroatoms. The van der Waals surface area contributed by atoms with Gasteiger partial charge in [0.25, 0.3) is 0 Å². The molecule has 0 bridgehead atoms. The van der Waals surface area contributed by atoms with Crippen molar-refractivity contribution in [1.82, 2.24) is 4.90 Å². The molecule has 1 aliphatic heterocycles. The maximum absolute atomic E-state index is 11.8. The number of carbonyl (C=O) groups is 1. The van der Waals surface area contributed by atoms with Crippen LogP contribution in [0.15, 0.2) is 42.5 Å². The fourth-order valence-corrected chi connectivity index (χ4v) is 3.42. The molecule has 3 rings (SSSR count). The average Bonchev–Trinajstić information content (AvgIpc) is 2.64. The summed E-state index contributed by atoms with van der Waals surface area (Å²) >= 11 is 12.3. The van der Waals surface area contributed by atoms with Crippen LogP contribution in [0.1, 0.15) is 30.6 Å². The Balaban J connectivity index is 1.62. The standard InChI is InChI=1S/C20H21Cl2NO3/c1-2-10-23-11-19(26-13-20(23)24)14-6-8-15(9-7-14)25-12-16-17(21)4-3-5-18(16)22/h3-9,19H,2,10-13H2,1H3. The predicted molar refractivity (Wildman–Crippen MR) is 103 cm³/mol. The molecule has 2 aromatic rings. The number of morpholine rings is 1. The van der Waals surface area contributed by atoms with Crippen LogP contribution in [-0.2, 0) is 16.1 Å². The minimum atomic E-state index is -0.105. The molecule has 1 unspecified atom stereocenters. The van der Waals surface area contributed by atoms with Gasteiger partial charge in [0, 0.05) is 22.2 Å². The molecule has 1 atom stereocenters. The van der Waals surface area contributed by atoms with Gasteiger partial charge < -0.3 is 14.4 Å². The minimum Gasteiger partial charge on any atom is -0.489 e. The molecule has 2 aromatic carbocycles. The van der Waals surface area contributed by atoms with Gasteiger partial charge in [-0.1, -0.05) is 48.3 Å². The Hall–Kier alpha value is -1.75. The Labute approximate surface area is 163 Å². The van der Waals surface area contributed by atoms with Crippen LogP contribution in [0.4, 0.5) is 0 Å². The third-order valence-electron chi connectivity index (χ3n) is 4.34. The number of nitrogens with zero attached hydrogens (tertiary/aromatic N) is 1. The highest BCUT2D eigenvalue weighted by Crippen LogP contribution is 2.28. The van der Waals surface area contributed by atoms with Crippen LogP contribution < -0.4 is 4.74 Å². The van der Waals surface area contributed by atoms with Crippen molar-refractivity contribution >= 4 is 29.1 Å². The second-order valence-electron chi connectivity index (χ2n) is 6.20. The molecule has 4 nitrogen and oxygen atoms in total. The molecule has 0 radical (unpaired) electrons. The first-order chi connectivity index (χ1) is 12.6. The molecule has 0 spiro atoms. The number of halogens is 2. The zero-order chi connectivity index (χ0) is 18.5. The van der Waals surface area contributed by atoms with Crippen LogP contribution >= 0.6 is 23.2 Å². The minimum absolute atomic E-state index is 0.0553. The summed E-state index contributed by atoms with van der Waals surface area (Å²) in [6.07, 6.45) is 0.835. The van der Waals surface area contributed by atoms with Crippen LogP contribution in [0.5, 0.6) is 5.75 Å². The summed E-state index contributed by atoms with van der Waals surface area (Å²) in [5.74, 6) is 0.779. The number of ether oxygens (including phenoxy) is 2. The predicted octanol–water partition coefficient (Wildman–Crippen LogP) is 4.88. The largest absolute Gasteiger partial charge is 0.489 e. The van der Waals surface area contributed by atoms with Crippen molar-refractivity contribution in [3.63, 3.8) is 0 Å². The van der Waals surface area contributed by atoms with Crippen molar-refractivity contribution < 1.29 is 14.3 Å². The van der Waals surface area contributed by atoms with Gasteiger partial charge in [-0.3, -0.25) is 4.79 Å². The van der Waals surface area contributed by atoms with Gasteiger partial charge in [0.15, 0.2) is 0 Å². The molecular weight excluding hydrogens is 373 g/mol. The van der Waals surface area contributed by atoms with E-state index in [9.17, 15) is 4.79 Å². The lowest BCUT2D eigenvalue weighted by Gasteiger charge is -2.32. The topological polar surface area (TPSA) is 38.8 Å². The maximum atomic E-state index is 11.8. The molecule has 0 saturated carbocycles. The molecule has 0 aliphatic carbocycles. The highest BCUT2D eigenvalue weighted by molar-refractivity contribution is 6.35. The maximum Gasteiger partial charge on any atom is 0.248 e. The van der Waals surface area contributed by atoms with E-state index in [4.69, 9.17) is 32.7 Å². The summed E-state index contributed by atoms with van der Waals surface area (Å²) in [5.41, 5.74) is 1.80. The molecule has 1 saturated heterocycles. The van der Waals surface area contributed by atoms with Crippen LogP contribution in [0.3, 0.4) is 0 Å². The lowest BCUT2D eigenvalue weighted by atomic mass is 10.1. The average molecular weight is 394 g/mol. The van der Waals surface area contributed by atoms with E-state index in [2.05, 4.69) is 6.92 Å². The van der Waals surface area contributed by atoms with Gasteiger partial charge in [0.1, 0.15) is 25.1 Å². The van der Waals surface area contributed by atoms with Gasteiger partial charge >= 0.3 is 0 Å². The second-order valence-corrected chi connectivity index (χ2v) is 7.01. The number of hydrogen-bond donors (Lipinski definition) is 0. The lowest BCUT2D eigenvalue weighted by Crippen LogP contribution is -2.43. The number of hydrogen-bond acceptors (Lipinski definition) is 3. The number of benzene rings is 2. The normalized spacial score (nSPS) is 17.4. The smallest absolute Gasteiger partial charge is 0.248 e. The Morgan fingerprint density at radius 3 is 2.50 bits per heavy atom. The number of amides is 1. The van der Waals surface area contributed by atoms with Crippen LogP contribution in [0, 0.1) is 0 Å². The summed E-state index contributed by atoms with van der Waals surface area (Å²) < 4.78 is 11.5. The van der Waals surface area contributed by atoms with Crippen LogP contribution in [-0.4, -0.2) is 30.5 Å². The fraction of sp³-hybridized carbons (Fsp3) is 0.350. The van der Waals surface area contributed by atoms with Crippen molar-refractivity contribution in [2.45, 2.75) is 26.1 Å². The van der Waals surface area contributed by atoms with Crippen molar-refractivity contribution in [1.29, 1.82) is 0 Å². The fourth-order valence-electron chi connectivity index (χ4n) is 2.91. The first-order valence-corrected chi connectivity index (χ1v) is 9.39. The van der Waals surface area contributed by atoms with E-state index in [1.807, 2.05) is 29.2 Å². The van der Waals surface area contributed by atoms with E-state index in [0.29, 0.717) is 23.2 Å². The molecule has 26 heavy (non-hydrogen) atoms. The van der Waals surface area contributed by atoms with E-state index >= 15 is 0 Å². The van der Waals surface area contributed by atoms with E-state index in [1.165, 1.54) is 0 Å². The summed E-state index contributed by atoms with van der Waals surface area (Å²) in [7, 11) is 0. The lowest BCUT2D eigenvalue weighted by molar-refractivity contribution is -0.149. The molecule has 1 fully saturated rings. The quantitative estimate of drug-likeness (QED) is 0.701. The molecule has 1 amide bonds. The SMILES string of the molecule is CCCN1CC(c2ccc(OCc3c(Cl)cccc3Cl)cc2)OCC1=O. The molecule has 1 aliphatic rings. The van der Waals surface area contributed by atoms with Crippen molar-refractivity contribution in [2.75, 3.05) is 19.7 Å². The Bertz CT molecular complexity index is 744. The molecule has 138 valence electrons. The molecule has 0 N–H and O–H groups in total. The molecule has 1 heterocycles. The Morgan fingerprint density at radius 1 is 1.15 bits per heavy atom. The molecule has 0 aromatic heterocycles. The van der Waals surface area contributed by atoms with Crippen molar-refractivity contribution in [3.8, 4) is 5.75 Å². The zero-order valence-corrected chi connectivity index (χ0v) is 16.1. The van der Waals surface area contributed by atoms with Crippen LogP contribution in [0.25, 0.3) is 0 Å². The second kappa shape index (κ2) is 8.76. The number of rotatable bonds is 6. The summed E-state index contributed by atoms with van der Waals surface area (Å²) in [4.78, 5) is 13.7. The van der Waals surface area contributed by atoms with E-state index < -0.39 is 0 Å². The van der Waals surface area contributed by atoms with E-state index in [0.717, 1.165) is 29.8 Å². The first kappa shape index (κ1) is 19.0. The summed E-state index contributed by atoms with van der Waals surface area (Å²) in [6, 6.07) is 13.1. The number of carbonyl (C=O) groups excluding carboxylic acids is 1. The van der Waals surface area contributed by atoms with Gasteiger partial charge in [0.2, 0.25) is 5.91 Å². The van der Waals surface area contributed by atoms with E-state index in [1.54, 1.807) is 18.2 Å². The summed E-state index contributed by atoms with van der Waals surface area (Å²) in [6.45, 7) is 3.85. The van der Waals surface area contributed by atoms with E-state index in [-0.39, 0.29) is 18.6 Å². The third-order valence-corrected chi connectivity index (χ3v) is 5.05. The molecular formula is C20H21Cl2NO3. The van der Waals surface area contributed by atoms with Gasteiger partial charge in [-0.25, -0.2) is 0 Å². The van der Waals surface area contributed by atoms with Gasteiger partial charge in [-0.2, -0.15) is 0 Å². The highest BCUT2D eigenvalue weighted by atomic mass is 35.5. The Morgan fingerprint density at radius 2 is 1.85 bits per heavy atom. The van der Waals surface area contributed by atoms with Crippen molar-refractivity contribution in [3.05, 3.63) is 63.6 Å². The zero-order valence-electron chi connectivity index (χ0n) is 14.6. The van der Waals surface area contributed by atoms with Gasteiger partial charge in [0.05, 0.1) is 6.54 Å². The van der Waals surface area contributed by atoms with Crippen molar-refractivity contribution in [2.24, 2.45) is 0 Å². The van der Waals surface area contributed by atoms with Gasteiger partial charge in [-0.05, 0) is 36.2 Å².